The van der Waals surface area contributed by atoms with Crippen LogP contribution in [0.2, 0.25) is 0 Å². The van der Waals surface area contributed by atoms with Crippen molar-refractivity contribution in [2.45, 2.75) is 19.4 Å². The summed E-state index contributed by atoms with van der Waals surface area (Å²) in [6.07, 6.45) is 6.22. The molecular weight excluding hydrogens is 256 g/mol. The zero-order valence-corrected chi connectivity index (χ0v) is 11.8. The van der Waals surface area contributed by atoms with Gasteiger partial charge in [0.15, 0.2) is 0 Å². The average molecular weight is 276 g/mol. The third-order valence-corrected chi connectivity index (χ3v) is 2.62. The monoisotopic (exact) mass is 276 g/mol. The van der Waals surface area contributed by atoms with Gasteiger partial charge in [-0.2, -0.15) is 0 Å². The fourth-order valence-electron chi connectivity index (χ4n) is 1.68. The molecule has 0 aromatic heterocycles. The van der Waals surface area contributed by atoms with Crippen molar-refractivity contribution in [3.8, 4) is 5.75 Å². The topological polar surface area (TPSA) is 55.8 Å². The molecule has 0 aliphatic heterocycles. The number of methoxy groups -OCH3 is 1. The second-order valence-electron chi connectivity index (χ2n) is 4.03. The summed E-state index contributed by atoms with van der Waals surface area (Å²) in [7, 11) is 1.57. The van der Waals surface area contributed by atoms with Crippen LogP contribution >= 0.6 is 0 Å². The zero-order chi connectivity index (χ0) is 14.8. The Morgan fingerprint density at radius 2 is 2.10 bits per heavy atom. The first kappa shape index (κ1) is 16.0. The lowest BCUT2D eigenvalue weighted by Crippen LogP contribution is -1.99. The molecule has 0 saturated heterocycles. The van der Waals surface area contributed by atoms with E-state index in [2.05, 4.69) is 0 Å². The Kier molecular flexibility index (Phi) is 7.14. The highest BCUT2D eigenvalue weighted by molar-refractivity contribution is 5.82. The summed E-state index contributed by atoms with van der Waals surface area (Å²) in [5, 5.41) is 10.1. The number of esters is 1. The fraction of sp³-hybridized carbons (Fsp3) is 0.312. The second kappa shape index (κ2) is 8.93. The van der Waals surface area contributed by atoms with E-state index in [0.29, 0.717) is 18.8 Å². The molecule has 0 spiro atoms. The van der Waals surface area contributed by atoms with Crippen molar-refractivity contribution < 1.29 is 19.4 Å². The van der Waals surface area contributed by atoms with Crippen LogP contribution in [0.5, 0.6) is 5.75 Å². The van der Waals surface area contributed by atoms with Crippen LogP contribution in [-0.4, -0.2) is 24.8 Å². The number of allylic oxidation sites excluding steroid dienone is 2. The Balaban J connectivity index is 2.50. The van der Waals surface area contributed by atoms with Crippen LogP contribution < -0.4 is 4.74 Å². The van der Waals surface area contributed by atoms with E-state index in [-0.39, 0.29) is 5.97 Å². The molecule has 0 amide bonds. The molecule has 0 aliphatic rings. The summed E-state index contributed by atoms with van der Waals surface area (Å²) in [4.78, 5) is 11.0. The lowest BCUT2D eigenvalue weighted by atomic mass is 10.1. The third-order valence-electron chi connectivity index (χ3n) is 2.62. The molecule has 0 bridgehead atoms. The molecule has 0 heterocycles. The number of ether oxygens (including phenoxy) is 2. The van der Waals surface area contributed by atoms with Crippen molar-refractivity contribution >= 4 is 5.97 Å². The number of rotatable bonds is 7. The van der Waals surface area contributed by atoms with Gasteiger partial charge in [0, 0.05) is 11.6 Å². The average Bonchev–Trinajstić information content (AvgIpc) is 2.47. The van der Waals surface area contributed by atoms with Crippen LogP contribution in [0, 0.1) is 0 Å². The molecule has 1 rings (SSSR count). The van der Waals surface area contributed by atoms with Crippen molar-refractivity contribution in [2.24, 2.45) is 0 Å². The van der Waals surface area contributed by atoms with E-state index in [0.717, 1.165) is 5.56 Å². The summed E-state index contributed by atoms with van der Waals surface area (Å²) < 4.78 is 9.94. The van der Waals surface area contributed by atoms with Crippen molar-refractivity contribution in [3.05, 3.63) is 54.1 Å². The number of benzene rings is 1. The van der Waals surface area contributed by atoms with Gasteiger partial charge >= 0.3 is 5.97 Å². The van der Waals surface area contributed by atoms with Crippen LogP contribution in [0.15, 0.2) is 48.6 Å². The molecule has 0 saturated carbocycles. The summed E-state index contributed by atoms with van der Waals surface area (Å²) >= 11 is 0. The Hall–Kier alpha value is -2.07. The zero-order valence-electron chi connectivity index (χ0n) is 11.8. The lowest BCUT2D eigenvalue weighted by molar-refractivity contribution is -0.137. The maximum absolute atomic E-state index is 11.0. The minimum atomic E-state index is -0.640. The predicted molar refractivity (Wildman–Crippen MR) is 77.5 cm³/mol. The van der Waals surface area contributed by atoms with Crippen molar-refractivity contribution in [1.29, 1.82) is 0 Å². The molecular formula is C16H20O4. The third kappa shape index (κ3) is 5.28. The number of hydrogen-bond acceptors (Lipinski definition) is 4. The molecule has 108 valence electrons. The minimum Gasteiger partial charge on any atom is -0.496 e. The van der Waals surface area contributed by atoms with Gasteiger partial charge in [-0.3, -0.25) is 0 Å². The molecule has 1 atom stereocenters. The van der Waals surface area contributed by atoms with Crippen LogP contribution in [0.3, 0.4) is 0 Å². The largest absolute Gasteiger partial charge is 0.496 e. The van der Waals surface area contributed by atoms with E-state index in [1.165, 1.54) is 6.08 Å². The van der Waals surface area contributed by atoms with E-state index in [9.17, 15) is 9.90 Å². The summed E-state index contributed by atoms with van der Waals surface area (Å²) in [5.74, 6) is 0.290. The molecule has 1 unspecified atom stereocenters. The Morgan fingerprint density at radius 1 is 1.35 bits per heavy atom. The number of carbonyl (C=O) groups is 1. The van der Waals surface area contributed by atoms with Crippen molar-refractivity contribution in [2.75, 3.05) is 13.7 Å². The Labute approximate surface area is 119 Å². The molecule has 0 radical (unpaired) electrons. The smallest absolute Gasteiger partial charge is 0.330 e. The second-order valence-corrected chi connectivity index (χ2v) is 4.03. The fourth-order valence-corrected chi connectivity index (χ4v) is 1.68. The first-order valence-electron chi connectivity index (χ1n) is 6.50. The molecule has 1 aromatic rings. The van der Waals surface area contributed by atoms with Crippen LogP contribution in [0.4, 0.5) is 0 Å². The van der Waals surface area contributed by atoms with Crippen LogP contribution in [-0.2, 0) is 9.53 Å². The van der Waals surface area contributed by atoms with Crippen molar-refractivity contribution in [3.63, 3.8) is 0 Å². The van der Waals surface area contributed by atoms with Gasteiger partial charge in [-0.25, -0.2) is 4.79 Å². The molecule has 1 N–H and O–H groups in total. The van der Waals surface area contributed by atoms with Gasteiger partial charge in [0.05, 0.1) is 19.8 Å². The van der Waals surface area contributed by atoms with Gasteiger partial charge in [0.2, 0.25) is 0 Å². The number of carbonyl (C=O) groups excluding carboxylic acids is 1. The molecule has 4 heteroatoms. The van der Waals surface area contributed by atoms with Crippen LogP contribution in [0.25, 0.3) is 0 Å². The van der Waals surface area contributed by atoms with E-state index >= 15 is 0 Å². The quantitative estimate of drug-likeness (QED) is 0.472. The standard InChI is InChI=1S/C16H20O4/c1-3-20-16(18)12-6-4-5-10-14(17)13-9-7-8-11-15(13)19-2/h4-9,11-12,14,17H,3,10H2,1-2H3/b5-4+,12-6+. The van der Waals surface area contributed by atoms with Crippen molar-refractivity contribution in [1.82, 2.24) is 0 Å². The van der Waals surface area contributed by atoms with E-state index < -0.39 is 6.10 Å². The SMILES string of the molecule is CCOC(=O)/C=C/C=C/CC(O)c1ccccc1OC. The molecule has 0 aliphatic carbocycles. The van der Waals surface area contributed by atoms with Crippen LogP contribution in [0.1, 0.15) is 25.0 Å². The van der Waals surface area contributed by atoms with Gasteiger partial charge in [0.25, 0.3) is 0 Å². The normalized spacial score (nSPS) is 12.8. The molecule has 1 aromatic carbocycles. The molecule has 4 nitrogen and oxygen atoms in total. The van der Waals surface area contributed by atoms with E-state index in [1.54, 1.807) is 32.3 Å². The highest BCUT2D eigenvalue weighted by Gasteiger charge is 2.10. The minimum absolute atomic E-state index is 0.361. The van der Waals surface area contributed by atoms with Gasteiger partial charge in [-0.05, 0) is 19.4 Å². The number of hydrogen-bond donors (Lipinski definition) is 1. The number of aliphatic hydroxyl groups excluding tert-OH is 1. The molecule has 20 heavy (non-hydrogen) atoms. The maximum atomic E-state index is 11.0. The lowest BCUT2D eigenvalue weighted by Gasteiger charge is -2.12. The van der Waals surface area contributed by atoms with Gasteiger partial charge in [-0.15, -0.1) is 0 Å². The van der Waals surface area contributed by atoms with Gasteiger partial charge < -0.3 is 14.6 Å². The maximum Gasteiger partial charge on any atom is 0.330 e. The first-order valence-corrected chi connectivity index (χ1v) is 6.50. The predicted octanol–water partition coefficient (Wildman–Crippen LogP) is 2.79. The number of para-hydroxylation sites is 1. The summed E-state index contributed by atoms with van der Waals surface area (Å²) in [5.41, 5.74) is 0.744. The summed E-state index contributed by atoms with van der Waals surface area (Å²) in [6.45, 7) is 2.12. The van der Waals surface area contributed by atoms with E-state index in [4.69, 9.17) is 9.47 Å². The highest BCUT2D eigenvalue weighted by Crippen LogP contribution is 2.26. The Bertz CT molecular complexity index is 477. The van der Waals surface area contributed by atoms with Gasteiger partial charge in [-0.1, -0.05) is 36.4 Å². The van der Waals surface area contributed by atoms with E-state index in [1.807, 2.05) is 24.3 Å². The molecule has 0 fully saturated rings. The first-order chi connectivity index (χ1) is 9.69. The number of aliphatic hydroxyl groups is 1. The summed E-state index contributed by atoms with van der Waals surface area (Å²) in [6, 6.07) is 7.34. The highest BCUT2D eigenvalue weighted by atomic mass is 16.5. The van der Waals surface area contributed by atoms with Gasteiger partial charge in [0.1, 0.15) is 5.75 Å². The Morgan fingerprint density at radius 3 is 2.80 bits per heavy atom.